The molecule has 0 aliphatic carbocycles. The molecule has 0 rings (SSSR count). The molecule has 5 radical (unpaired) electrons. The summed E-state index contributed by atoms with van der Waals surface area (Å²) in [5, 5.41) is 0. The van der Waals surface area contributed by atoms with Gasteiger partial charge in [-0.3, -0.25) is 0 Å². The average Bonchev–Trinajstić information content (AvgIpc) is 1.93. The molecule has 0 N–H and O–H groups in total. The minimum atomic E-state index is -0.881. The van der Waals surface area contributed by atoms with Gasteiger partial charge < -0.3 is 0 Å². The average molecular weight is 346 g/mol. The Morgan fingerprint density at radius 2 is 0.889 bits per heavy atom. The summed E-state index contributed by atoms with van der Waals surface area (Å²) in [4.78, 5) is 0. The van der Waals surface area contributed by atoms with E-state index in [4.69, 9.17) is 0 Å². The highest BCUT2D eigenvalue weighted by molar-refractivity contribution is 7.46. The molecule has 0 heterocycles. The molecule has 0 saturated carbocycles. The lowest BCUT2D eigenvalue weighted by atomic mass is 11.7. The van der Waals surface area contributed by atoms with Crippen molar-refractivity contribution in [1.29, 1.82) is 0 Å². The molecule has 0 aliphatic rings. The van der Waals surface area contributed by atoms with Crippen molar-refractivity contribution in [1.82, 2.24) is 0 Å². The summed E-state index contributed by atoms with van der Waals surface area (Å²) < 4.78 is 0. The molecule has 0 spiro atoms. The zero-order valence-corrected chi connectivity index (χ0v) is 20.1. The minimum absolute atomic E-state index is 0.0964. The zero-order chi connectivity index (χ0) is 14.8. The van der Waals surface area contributed by atoms with E-state index >= 15 is 0 Å². The molecule has 18 heavy (non-hydrogen) atoms. The fourth-order valence-corrected chi connectivity index (χ4v) is 51.0. The van der Waals surface area contributed by atoms with E-state index in [1.807, 2.05) is 0 Å². The fraction of sp³-hybridized carbons (Fsp3) is 1.00. The van der Waals surface area contributed by atoms with Crippen LogP contribution >= 0.6 is 0 Å². The van der Waals surface area contributed by atoms with Gasteiger partial charge in [-0.05, 0) is 0 Å². The van der Waals surface area contributed by atoms with Gasteiger partial charge in [-0.25, -0.2) is 0 Å². The lowest BCUT2D eigenvalue weighted by molar-refractivity contribution is 1.54. The van der Waals surface area contributed by atoms with Gasteiger partial charge in [0.05, 0.1) is 0 Å². The molecule has 0 bridgehead atoms. The Morgan fingerprint density at radius 1 is 0.611 bits per heavy atom. The molecule has 0 aromatic carbocycles. The van der Waals surface area contributed by atoms with E-state index in [1.165, 1.54) is 0 Å². The lowest BCUT2D eigenvalue weighted by Gasteiger charge is -2.34. The van der Waals surface area contributed by atoms with Gasteiger partial charge in [0.15, 0.2) is 0 Å². The van der Waals surface area contributed by atoms with Gasteiger partial charge >= 0.3 is 0 Å². The van der Waals surface area contributed by atoms with Gasteiger partial charge in [-0.15, -0.1) is 0 Å². The van der Waals surface area contributed by atoms with E-state index in [0.29, 0.717) is 0 Å². The lowest BCUT2D eigenvalue weighted by Crippen LogP contribution is -2.49. The number of hydrogen-bond donors (Lipinski definition) is 0. The zero-order valence-electron chi connectivity index (χ0n) is 14.1. The van der Waals surface area contributed by atoms with Gasteiger partial charge in [0.2, 0.25) is 0 Å². The largest absolute Gasteiger partial charge is 0.0698 e. The molecule has 0 aliphatic heterocycles. The van der Waals surface area contributed by atoms with Gasteiger partial charge in [-0.1, -0.05) is 75.9 Å². The molecule has 0 saturated heterocycles. The van der Waals surface area contributed by atoms with E-state index in [1.54, 1.807) is 17.0 Å². The van der Waals surface area contributed by atoms with Crippen molar-refractivity contribution in [3.05, 3.63) is 0 Å². The van der Waals surface area contributed by atoms with Crippen molar-refractivity contribution >= 4 is 50.1 Å². The van der Waals surface area contributed by atoms with Crippen LogP contribution in [0, 0.1) is 0 Å². The Balaban J connectivity index is 4.75. The second-order valence-electron chi connectivity index (χ2n) is 9.29. The maximum absolute atomic E-state index is 4.27. The van der Waals surface area contributed by atoms with E-state index in [2.05, 4.69) is 68.7 Å². The molecule has 0 atom stereocenters. The Labute approximate surface area is 126 Å². The highest BCUT2D eigenvalue weighted by Gasteiger charge is 2.33. The number of rotatable bonds is 7. The molecular weight excluding hydrogens is 313 g/mol. The third-order valence-electron chi connectivity index (χ3n) is 2.62. The van der Waals surface area contributed by atoms with Crippen LogP contribution in [0.3, 0.4) is 0 Å². The monoisotopic (exact) mass is 345 g/mol. The smallest absolute Gasteiger partial charge is 0.0412 e. The van der Waals surface area contributed by atoms with Crippen molar-refractivity contribution in [2.24, 2.45) is 0 Å². The predicted octanol–water partition coefficient (Wildman–Crippen LogP) is 4.35. The molecule has 0 nitrogen and oxygen atoms in total. The Morgan fingerprint density at radius 3 is 1.11 bits per heavy atom. The predicted molar refractivity (Wildman–Crippen MR) is 102 cm³/mol. The third kappa shape index (κ3) is 11.2. The van der Waals surface area contributed by atoms with Crippen LogP contribution < -0.4 is 0 Å². The first kappa shape index (κ1) is 19.3. The van der Waals surface area contributed by atoms with Gasteiger partial charge in [0.1, 0.15) is 0 Å². The topological polar surface area (TPSA) is 0 Å². The molecule has 0 amide bonds. The van der Waals surface area contributed by atoms with Crippen molar-refractivity contribution in [2.45, 2.75) is 75.9 Å². The molecule has 0 aromatic rings. The molecular formula is C12H33Si6. The van der Waals surface area contributed by atoms with Crippen molar-refractivity contribution in [2.75, 3.05) is 0 Å². The maximum atomic E-state index is 4.27. The van der Waals surface area contributed by atoms with E-state index < -0.39 is 24.2 Å². The summed E-state index contributed by atoms with van der Waals surface area (Å²) in [6.45, 7) is 23.0. The highest BCUT2D eigenvalue weighted by Crippen LogP contribution is 2.23. The SMILES string of the molecule is C[Si](C)(C)C[Si]([Si])[Si](C[Si](C)(C)C)C[Si](C)(C)C. The van der Waals surface area contributed by atoms with Crippen LogP contribution in [-0.2, 0) is 0 Å². The summed E-state index contributed by atoms with van der Waals surface area (Å²) >= 11 is 0. The minimum Gasteiger partial charge on any atom is -0.0698 e. The molecule has 105 valence electrons. The van der Waals surface area contributed by atoms with Crippen LogP contribution in [0.15, 0.2) is 0 Å². The summed E-state index contributed by atoms with van der Waals surface area (Å²) in [7, 11) is 1.32. The normalized spacial score (nSPS) is 14.7. The van der Waals surface area contributed by atoms with E-state index in [9.17, 15) is 0 Å². The molecule has 0 aromatic heterocycles. The van der Waals surface area contributed by atoms with Crippen LogP contribution in [-0.4, -0.2) is 50.1 Å². The molecule has 0 unspecified atom stereocenters. The fourth-order valence-electron chi connectivity index (χ4n) is 2.21. The quantitative estimate of drug-likeness (QED) is 0.602. The maximum Gasteiger partial charge on any atom is 0.0412 e. The Bertz CT molecular complexity index is 229. The first-order valence-corrected chi connectivity index (χ1v) is 24.4. The first-order valence-electron chi connectivity index (χ1n) is 7.12. The van der Waals surface area contributed by atoms with Crippen LogP contribution in [0.4, 0.5) is 0 Å². The van der Waals surface area contributed by atoms with Gasteiger partial charge in [-0.2, -0.15) is 0 Å². The third-order valence-corrected chi connectivity index (χ3v) is 33.1. The first-order chi connectivity index (χ1) is 7.70. The van der Waals surface area contributed by atoms with Crippen molar-refractivity contribution < 1.29 is 0 Å². The summed E-state index contributed by atoms with van der Waals surface area (Å²) in [6, 6.07) is 0. The summed E-state index contributed by atoms with van der Waals surface area (Å²) in [5.74, 6) is 0. The van der Waals surface area contributed by atoms with Crippen LogP contribution in [0.5, 0.6) is 0 Å². The van der Waals surface area contributed by atoms with Crippen molar-refractivity contribution in [3.8, 4) is 0 Å². The van der Waals surface area contributed by atoms with Gasteiger partial charge in [0, 0.05) is 50.1 Å². The molecule has 6 heteroatoms. The van der Waals surface area contributed by atoms with Crippen LogP contribution in [0.1, 0.15) is 0 Å². The molecule has 0 fully saturated rings. The summed E-state index contributed by atoms with van der Waals surface area (Å²) in [6.07, 6.45) is 0. The van der Waals surface area contributed by atoms with Crippen LogP contribution in [0.25, 0.3) is 0 Å². The Hall–Kier alpha value is 1.30. The van der Waals surface area contributed by atoms with Crippen LogP contribution in [0.2, 0.25) is 75.9 Å². The van der Waals surface area contributed by atoms with Gasteiger partial charge in [0.25, 0.3) is 0 Å². The highest BCUT2D eigenvalue weighted by atomic mass is 29.6. The summed E-state index contributed by atoms with van der Waals surface area (Å²) in [5.41, 5.74) is 4.87. The van der Waals surface area contributed by atoms with E-state index in [0.717, 1.165) is 0 Å². The Kier molecular flexibility index (Phi) is 7.33. The number of hydrogen-bond acceptors (Lipinski definition) is 0. The second-order valence-corrected chi connectivity index (χ2v) is 38.3. The second kappa shape index (κ2) is 6.84. The van der Waals surface area contributed by atoms with E-state index in [-0.39, 0.29) is 16.1 Å². The van der Waals surface area contributed by atoms with Crippen molar-refractivity contribution in [3.63, 3.8) is 0 Å². The standard InChI is InChI=1S/C12H33Si6/c1-16(2,3)10-14(11-17(4,5)6)15(13)12-18(7,8)9/h10-12H2,1-9H3.